The summed E-state index contributed by atoms with van der Waals surface area (Å²) in [6.45, 7) is 2.64. The number of hydrogen-bond acceptors (Lipinski definition) is 6. The number of carbonyl (C=O) groups excluding carboxylic acids is 4. The van der Waals surface area contributed by atoms with Crippen LogP contribution in [-0.4, -0.2) is 65.4 Å². The Balaban J connectivity index is 1.33. The normalized spacial score (nSPS) is 19.9. The van der Waals surface area contributed by atoms with Gasteiger partial charge in [-0.05, 0) is 61.4 Å². The number of pyridine rings is 1. The first kappa shape index (κ1) is 30.7. The standard InChI is InChI=1S/C34H38N4O6/c1-3-44-29(39)22-35-33(43)34(23-10-5-4-6-11-23)18-15-26(25-12-7-8-14-28(25)34)32(42)38-20-16-24(17-21-38)36-30(40)27-13-9-19-37(2)31(27)41/h4-14,19,24,26H,3,15-18,20-22H2,1-2H3,(H,35,43)(H,36,40)/t26-,34+/m0/s1. The summed E-state index contributed by atoms with van der Waals surface area (Å²) in [6.07, 6.45) is 3.59. The fraction of sp³-hybridized carbons (Fsp3) is 0.382. The van der Waals surface area contributed by atoms with E-state index < -0.39 is 23.2 Å². The Morgan fingerprint density at radius 2 is 1.64 bits per heavy atom. The second kappa shape index (κ2) is 13.3. The Kier molecular flexibility index (Phi) is 9.27. The Bertz CT molecular complexity index is 1590. The number of likely N-dealkylation sites (tertiary alicyclic amines) is 1. The van der Waals surface area contributed by atoms with Crippen LogP contribution in [0, 0.1) is 0 Å². The maximum atomic E-state index is 14.0. The van der Waals surface area contributed by atoms with Gasteiger partial charge in [0.1, 0.15) is 12.1 Å². The fourth-order valence-electron chi connectivity index (χ4n) is 6.50. The zero-order valence-corrected chi connectivity index (χ0v) is 25.1. The van der Waals surface area contributed by atoms with Gasteiger partial charge in [0.2, 0.25) is 11.8 Å². The van der Waals surface area contributed by atoms with E-state index in [0.717, 1.165) is 16.7 Å². The zero-order valence-electron chi connectivity index (χ0n) is 25.1. The first-order valence-corrected chi connectivity index (χ1v) is 15.1. The lowest BCUT2D eigenvalue weighted by Crippen LogP contribution is -2.51. The third-order valence-corrected chi connectivity index (χ3v) is 8.76. The average Bonchev–Trinajstić information content (AvgIpc) is 3.05. The van der Waals surface area contributed by atoms with Crippen LogP contribution in [0.1, 0.15) is 65.6 Å². The fourth-order valence-corrected chi connectivity index (χ4v) is 6.50. The number of aromatic nitrogens is 1. The Morgan fingerprint density at radius 3 is 2.36 bits per heavy atom. The van der Waals surface area contributed by atoms with Crippen molar-refractivity contribution in [1.82, 2.24) is 20.1 Å². The van der Waals surface area contributed by atoms with Gasteiger partial charge in [-0.2, -0.15) is 0 Å². The van der Waals surface area contributed by atoms with Gasteiger partial charge in [-0.25, -0.2) is 0 Å². The highest BCUT2D eigenvalue weighted by Crippen LogP contribution is 2.48. The molecule has 1 aromatic heterocycles. The van der Waals surface area contributed by atoms with Crippen LogP contribution in [0.15, 0.2) is 77.7 Å². The van der Waals surface area contributed by atoms with Gasteiger partial charge in [-0.3, -0.25) is 24.0 Å². The smallest absolute Gasteiger partial charge is 0.325 e. The molecule has 2 aromatic carbocycles. The molecule has 0 bridgehead atoms. The predicted molar refractivity (Wildman–Crippen MR) is 164 cm³/mol. The van der Waals surface area contributed by atoms with E-state index in [2.05, 4.69) is 10.6 Å². The summed E-state index contributed by atoms with van der Waals surface area (Å²) in [5.74, 6) is -1.66. The molecule has 5 rings (SSSR count). The molecule has 3 amide bonds. The van der Waals surface area contributed by atoms with E-state index in [4.69, 9.17) is 4.74 Å². The summed E-state index contributed by atoms with van der Waals surface area (Å²) in [5, 5.41) is 5.76. The minimum Gasteiger partial charge on any atom is -0.465 e. The van der Waals surface area contributed by atoms with E-state index in [1.165, 1.54) is 10.6 Å². The molecule has 3 aromatic rings. The molecule has 2 atom stereocenters. The molecule has 1 fully saturated rings. The molecule has 1 aliphatic heterocycles. The number of nitrogens with one attached hydrogen (secondary N) is 2. The van der Waals surface area contributed by atoms with Crippen molar-refractivity contribution in [2.75, 3.05) is 26.2 Å². The number of ether oxygens (including phenoxy) is 1. The highest BCUT2D eigenvalue weighted by molar-refractivity contribution is 5.96. The largest absolute Gasteiger partial charge is 0.465 e. The number of nitrogens with zero attached hydrogens (tertiary/aromatic N) is 2. The van der Waals surface area contributed by atoms with Crippen LogP contribution in [0.25, 0.3) is 0 Å². The second-order valence-electron chi connectivity index (χ2n) is 11.3. The van der Waals surface area contributed by atoms with Crippen LogP contribution in [0.4, 0.5) is 0 Å². The summed E-state index contributed by atoms with van der Waals surface area (Å²) in [4.78, 5) is 67.0. The number of aryl methyl sites for hydroxylation is 1. The van der Waals surface area contributed by atoms with Gasteiger partial charge in [0.25, 0.3) is 11.5 Å². The van der Waals surface area contributed by atoms with Crippen LogP contribution in [0.5, 0.6) is 0 Å². The number of fused-ring (bicyclic) bond motifs is 1. The van der Waals surface area contributed by atoms with Crippen molar-refractivity contribution in [3.8, 4) is 0 Å². The number of benzene rings is 2. The van der Waals surface area contributed by atoms with E-state index in [1.54, 1.807) is 26.2 Å². The highest BCUT2D eigenvalue weighted by Gasteiger charge is 2.49. The van der Waals surface area contributed by atoms with Crippen molar-refractivity contribution in [3.63, 3.8) is 0 Å². The van der Waals surface area contributed by atoms with Crippen LogP contribution in [0.2, 0.25) is 0 Å². The lowest BCUT2D eigenvalue weighted by molar-refractivity contribution is -0.144. The molecule has 2 heterocycles. The molecule has 0 saturated carbocycles. The lowest BCUT2D eigenvalue weighted by atomic mass is 9.62. The van der Waals surface area contributed by atoms with Crippen molar-refractivity contribution in [2.24, 2.45) is 7.05 Å². The molecule has 1 aliphatic carbocycles. The molecular weight excluding hydrogens is 560 g/mol. The summed E-state index contributed by atoms with van der Waals surface area (Å²) in [7, 11) is 1.60. The third-order valence-electron chi connectivity index (χ3n) is 8.76. The number of rotatable bonds is 8. The quantitative estimate of drug-likeness (QED) is 0.384. The molecule has 2 N–H and O–H groups in total. The monoisotopic (exact) mass is 598 g/mol. The molecule has 10 nitrogen and oxygen atoms in total. The van der Waals surface area contributed by atoms with E-state index in [0.29, 0.717) is 38.8 Å². The number of esters is 1. The van der Waals surface area contributed by atoms with E-state index in [-0.39, 0.29) is 42.1 Å². The van der Waals surface area contributed by atoms with Crippen LogP contribution in [-0.2, 0) is 31.6 Å². The SMILES string of the molecule is CCOC(=O)CNC(=O)[C@@]1(c2ccccc2)CC[C@H](C(=O)N2CCC(NC(=O)c3cccn(C)c3=O)CC2)c2ccccc21. The molecule has 0 radical (unpaired) electrons. The predicted octanol–water partition coefficient (Wildman–Crippen LogP) is 2.65. The molecule has 2 aliphatic rings. The van der Waals surface area contributed by atoms with Crippen LogP contribution in [0.3, 0.4) is 0 Å². The third kappa shape index (κ3) is 6.02. The topological polar surface area (TPSA) is 127 Å². The zero-order chi connectivity index (χ0) is 31.3. The second-order valence-corrected chi connectivity index (χ2v) is 11.3. The van der Waals surface area contributed by atoms with E-state index >= 15 is 0 Å². The number of amides is 3. The van der Waals surface area contributed by atoms with Gasteiger partial charge in [-0.15, -0.1) is 0 Å². The highest BCUT2D eigenvalue weighted by atomic mass is 16.5. The maximum Gasteiger partial charge on any atom is 0.325 e. The Labute approximate surface area is 256 Å². The van der Waals surface area contributed by atoms with Crippen molar-refractivity contribution >= 4 is 23.7 Å². The lowest BCUT2D eigenvalue weighted by Gasteiger charge is -2.42. The van der Waals surface area contributed by atoms with Gasteiger partial charge in [0.15, 0.2) is 0 Å². The Morgan fingerprint density at radius 1 is 0.932 bits per heavy atom. The van der Waals surface area contributed by atoms with Gasteiger partial charge in [-0.1, -0.05) is 54.6 Å². The van der Waals surface area contributed by atoms with Gasteiger partial charge >= 0.3 is 5.97 Å². The summed E-state index contributed by atoms with van der Waals surface area (Å²) < 4.78 is 6.39. The minimum absolute atomic E-state index is 0.00671. The van der Waals surface area contributed by atoms with Crippen molar-refractivity contribution in [2.45, 2.75) is 50.0 Å². The molecule has 0 unspecified atom stereocenters. The summed E-state index contributed by atoms with van der Waals surface area (Å²) in [6, 6.07) is 20.1. The first-order chi connectivity index (χ1) is 21.3. The molecule has 0 spiro atoms. The van der Waals surface area contributed by atoms with E-state index in [9.17, 15) is 24.0 Å². The number of hydrogen-bond donors (Lipinski definition) is 2. The first-order valence-electron chi connectivity index (χ1n) is 15.1. The molecule has 1 saturated heterocycles. The van der Waals surface area contributed by atoms with Gasteiger partial charge in [0.05, 0.1) is 17.9 Å². The van der Waals surface area contributed by atoms with Crippen LogP contribution < -0.4 is 16.2 Å². The van der Waals surface area contributed by atoms with E-state index in [1.807, 2.05) is 59.5 Å². The average molecular weight is 599 g/mol. The Hall–Kier alpha value is -4.73. The molecule has 10 heteroatoms. The molecule has 230 valence electrons. The molecule has 44 heavy (non-hydrogen) atoms. The van der Waals surface area contributed by atoms with Gasteiger partial charge < -0.3 is 24.8 Å². The van der Waals surface area contributed by atoms with Crippen molar-refractivity contribution in [1.29, 1.82) is 0 Å². The van der Waals surface area contributed by atoms with Crippen LogP contribution >= 0.6 is 0 Å². The number of carbonyl (C=O) groups is 4. The molecular formula is C34H38N4O6. The van der Waals surface area contributed by atoms with Crippen molar-refractivity contribution < 1.29 is 23.9 Å². The van der Waals surface area contributed by atoms with Gasteiger partial charge in [0, 0.05) is 32.4 Å². The summed E-state index contributed by atoms with van der Waals surface area (Å²) >= 11 is 0. The number of piperidine rings is 1. The minimum atomic E-state index is -1.08. The summed E-state index contributed by atoms with van der Waals surface area (Å²) in [5.41, 5.74) is 1.02. The van der Waals surface area contributed by atoms with Crippen molar-refractivity contribution in [3.05, 3.63) is 106 Å². The maximum absolute atomic E-state index is 14.0.